The number of anilines is 1. The number of nitrogens with one attached hydrogen (secondary N) is 1. The standard InChI is InChI=1S/C19H29N3O5/c1-14-9-10-20-15(12-14)22(18(25)27-19(2,3)4)11-7-6-8-16(23)21-13-17(24)26-5/h9-10,12H,6-8,11,13H2,1-5H3,(H,21,23). The van der Waals surface area contributed by atoms with E-state index in [-0.39, 0.29) is 18.9 Å². The highest BCUT2D eigenvalue weighted by atomic mass is 16.6. The molecule has 0 bridgehead atoms. The van der Waals surface area contributed by atoms with Crippen molar-refractivity contribution >= 4 is 23.8 Å². The molecule has 2 amide bonds. The number of esters is 1. The first-order valence-electron chi connectivity index (χ1n) is 8.89. The molecular weight excluding hydrogens is 350 g/mol. The average molecular weight is 379 g/mol. The summed E-state index contributed by atoms with van der Waals surface area (Å²) < 4.78 is 9.93. The van der Waals surface area contributed by atoms with Crippen molar-refractivity contribution in [1.82, 2.24) is 10.3 Å². The Morgan fingerprint density at radius 1 is 1.22 bits per heavy atom. The van der Waals surface area contributed by atoms with E-state index in [2.05, 4.69) is 15.0 Å². The Balaban J connectivity index is 2.61. The van der Waals surface area contributed by atoms with Crippen molar-refractivity contribution in [2.24, 2.45) is 0 Å². The third-order valence-corrected chi connectivity index (χ3v) is 3.48. The number of aryl methyl sites for hydroxylation is 1. The fraction of sp³-hybridized carbons (Fsp3) is 0.579. The van der Waals surface area contributed by atoms with E-state index in [4.69, 9.17) is 4.74 Å². The number of pyridine rings is 1. The zero-order valence-electron chi connectivity index (χ0n) is 16.7. The second-order valence-electron chi connectivity index (χ2n) is 7.13. The number of hydrogen-bond donors (Lipinski definition) is 1. The van der Waals surface area contributed by atoms with Crippen LogP contribution in [0.3, 0.4) is 0 Å². The maximum atomic E-state index is 12.5. The molecule has 1 aromatic rings. The Morgan fingerprint density at radius 2 is 1.93 bits per heavy atom. The Labute approximate surface area is 160 Å². The Morgan fingerprint density at radius 3 is 2.52 bits per heavy atom. The molecule has 0 unspecified atom stereocenters. The summed E-state index contributed by atoms with van der Waals surface area (Å²) in [5.74, 6) is -0.220. The van der Waals surface area contributed by atoms with Gasteiger partial charge in [-0.25, -0.2) is 9.78 Å². The van der Waals surface area contributed by atoms with Gasteiger partial charge in [-0.15, -0.1) is 0 Å². The molecule has 1 N–H and O–H groups in total. The Hall–Kier alpha value is -2.64. The number of carbonyl (C=O) groups is 3. The molecule has 0 aliphatic rings. The number of carbonyl (C=O) groups excluding carboxylic acids is 3. The van der Waals surface area contributed by atoms with Gasteiger partial charge in [0.15, 0.2) is 0 Å². The molecule has 0 radical (unpaired) electrons. The van der Waals surface area contributed by atoms with E-state index in [0.717, 1.165) is 5.56 Å². The molecule has 0 aromatic carbocycles. The molecule has 1 rings (SSSR count). The van der Waals surface area contributed by atoms with E-state index in [0.29, 0.717) is 25.2 Å². The fourth-order valence-corrected chi connectivity index (χ4v) is 2.17. The van der Waals surface area contributed by atoms with Gasteiger partial charge in [0.05, 0.1) is 7.11 Å². The number of hydrogen-bond acceptors (Lipinski definition) is 6. The van der Waals surface area contributed by atoms with E-state index < -0.39 is 17.7 Å². The normalized spacial score (nSPS) is 10.9. The summed E-state index contributed by atoms with van der Waals surface area (Å²) in [5.41, 5.74) is 0.364. The maximum absolute atomic E-state index is 12.5. The highest BCUT2D eigenvalue weighted by Crippen LogP contribution is 2.18. The van der Waals surface area contributed by atoms with Crippen LogP contribution in [0.4, 0.5) is 10.6 Å². The van der Waals surface area contributed by atoms with Gasteiger partial charge in [-0.05, 0) is 58.2 Å². The van der Waals surface area contributed by atoms with Crippen LogP contribution in [0.2, 0.25) is 0 Å². The van der Waals surface area contributed by atoms with Gasteiger partial charge in [-0.2, -0.15) is 0 Å². The molecule has 1 heterocycles. The lowest BCUT2D eigenvalue weighted by Crippen LogP contribution is -2.38. The van der Waals surface area contributed by atoms with Crippen molar-refractivity contribution in [2.45, 2.75) is 52.6 Å². The van der Waals surface area contributed by atoms with Crippen molar-refractivity contribution in [3.63, 3.8) is 0 Å². The zero-order valence-corrected chi connectivity index (χ0v) is 16.7. The molecule has 0 spiro atoms. The third kappa shape index (κ3) is 9.03. The predicted molar refractivity (Wildman–Crippen MR) is 101 cm³/mol. The maximum Gasteiger partial charge on any atom is 0.416 e. The summed E-state index contributed by atoms with van der Waals surface area (Å²) in [7, 11) is 1.26. The second-order valence-corrected chi connectivity index (χ2v) is 7.13. The van der Waals surface area contributed by atoms with Crippen molar-refractivity contribution in [2.75, 3.05) is 25.1 Å². The van der Waals surface area contributed by atoms with Gasteiger partial charge in [0.25, 0.3) is 0 Å². The average Bonchev–Trinajstić information content (AvgIpc) is 2.57. The van der Waals surface area contributed by atoms with Gasteiger partial charge in [0.2, 0.25) is 5.91 Å². The Bertz CT molecular complexity index is 655. The summed E-state index contributed by atoms with van der Waals surface area (Å²) in [6, 6.07) is 3.66. The molecule has 0 aliphatic heterocycles. The number of aromatic nitrogens is 1. The molecule has 0 atom stereocenters. The number of ether oxygens (including phenoxy) is 2. The highest BCUT2D eigenvalue weighted by Gasteiger charge is 2.24. The lowest BCUT2D eigenvalue weighted by Gasteiger charge is -2.27. The van der Waals surface area contributed by atoms with Gasteiger partial charge < -0.3 is 14.8 Å². The van der Waals surface area contributed by atoms with Gasteiger partial charge in [0, 0.05) is 19.2 Å². The number of methoxy groups -OCH3 is 1. The second kappa shape index (κ2) is 10.5. The van der Waals surface area contributed by atoms with Crippen LogP contribution in [0.15, 0.2) is 18.3 Å². The van der Waals surface area contributed by atoms with Crippen molar-refractivity contribution in [3.05, 3.63) is 23.9 Å². The van der Waals surface area contributed by atoms with E-state index in [1.165, 1.54) is 12.0 Å². The molecule has 8 heteroatoms. The van der Waals surface area contributed by atoms with E-state index in [9.17, 15) is 14.4 Å². The van der Waals surface area contributed by atoms with Gasteiger partial charge in [0.1, 0.15) is 18.0 Å². The molecule has 1 aromatic heterocycles. The molecule has 8 nitrogen and oxygen atoms in total. The first-order chi connectivity index (χ1) is 12.6. The smallest absolute Gasteiger partial charge is 0.416 e. The molecule has 150 valence electrons. The van der Waals surface area contributed by atoms with Crippen molar-refractivity contribution < 1.29 is 23.9 Å². The summed E-state index contributed by atoms with van der Waals surface area (Å²) in [4.78, 5) is 41.0. The zero-order chi connectivity index (χ0) is 20.4. The Kier molecular flexibility index (Phi) is 8.71. The quantitative estimate of drug-likeness (QED) is 0.551. The molecule has 0 fully saturated rings. The topological polar surface area (TPSA) is 97.8 Å². The minimum Gasteiger partial charge on any atom is -0.468 e. The monoisotopic (exact) mass is 379 g/mol. The first kappa shape index (κ1) is 22.4. The SMILES string of the molecule is COC(=O)CNC(=O)CCCCN(C(=O)OC(C)(C)C)c1cc(C)ccn1. The number of amides is 2. The van der Waals surface area contributed by atoms with E-state index in [1.54, 1.807) is 27.0 Å². The molecule has 0 saturated heterocycles. The lowest BCUT2D eigenvalue weighted by molar-refractivity contribution is -0.141. The number of rotatable bonds is 8. The third-order valence-electron chi connectivity index (χ3n) is 3.48. The lowest BCUT2D eigenvalue weighted by atomic mass is 10.2. The van der Waals surface area contributed by atoms with Crippen molar-refractivity contribution in [3.8, 4) is 0 Å². The molecule has 0 aliphatic carbocycles. The summed E-state index contributed by atoms with van der Waals surface area (Å²) in [5, 5.41) is 2.48. The van der Waals surface area contributed by atoms with E-state index in [1.807, 2.05) is 19.1 Å². The highest BCUT2D eigenvalue weighted by molar-refractivity contribution is 5.86. The van der Waals surface area contributed by atoms with Crippen LogP contribution in [0.5, 0.6) is 0 Å². The molecule has 0 saturated carbocycles. The fourth-order valence-electron chi connectivity index (χ4n) is 2.17. The van der Waals surface area contributed by atoms with Crippen LogP contribution in [0.25, 0.3) is 0 Å². The number of unbranched alkanes of at least 4 members (excludes halogenated alkanes) is 1. The van der Waals surface area contributed by atoms with Crippen LogP contribution in [0.1, 0.15) is 45.6 Å². The minimum absolute atomic E-state index is 0.146. The van der Waals surface area contributed by atoms with Gasteiger partial charge in [-0.3, -0.25) is 14.5 Å². The van der Waals surface area contributed by atoms with Crippen LogP contribution in [-0.4, -0.2) is 48.8 Å². The first-order valence-corrected chi connectivity index (χ1v) is 8.89. The minimum atomic E-state index is -0.618. The molecular formula is C19H29N3O5. The number of nitrogens with zero attached hydrogens (tertiary/aromatic N) is 2. The van der Waals surface area contributed by atoms with E-state index >= 15 is 0 Å². The summed E-state index contributed by atoms with van der Waals surface area (Å²) >= 11 is 0. The largest absolute Gasteiger partial charge is 0.468 e. The van der Waals surface area contributed by atoms with Gasteiger partial charge >= 0.3 is 12.1 Å². The van der Waals surface area contributed by atoms with Crippen LogP contribution >= 0.6 is 0 Å². The summed E-state index contributed by atoms with van der Waals surface area (Å²) in [6.45, 7) is 7.56. The van der Waals surface area contributed by atoms with Crippen molar-refractivity contribution in [1.29, 1.82) is 0 Å². The van der Waals surface area contributed by atoms with Crippen LogP contribution in [-0.2, 0) is 19.1 Å². The van der Waals surface area contributed by atoms with Crippen LogP contribution < -0.4 is 10.2 Å². The van der Waals surface area contributed by atoms with Crippen LogP contribution in [0, 0.1) is 6.92 Å². The van der Waals surface area contributed by atoms with Gasteiger partial charge in [-0.1, -0.05) is 0 Å². The predicted octanol–water partition coefficient (Wildman–Crippen LogP) is 2.59. The summed E-state index contributed by atoms with van der Waals surface area (Å²) in [6.07, 6.45) is 2.55. The molecule has 27 heavy (non-hydrogen) atoms.